The molecule has 0 radical (unpaired) electrons. The summed E-state index contributed by atoms with van der Waals surface area (Å²) >= 11 is 3.34. The van der Waals surface area contributed by atoms with Gasteiger partial charge in [-0.1, -0.05) is 54.9 Å². The van der Waals surface area contributed by atoms with Crippen molar-refractivity contribution in [3.63, 3.8) is 0 Å². The fourth-order valence-corrected chi connectivity index (χ4v) is 2.32. The van der Waals surface area contributed by atoms with E-state index in [2.05, 4.69) is 48.8 Å². The summed E-state index contributed by atoms with van der Waals surface area (Å²) < 4.78 is 19.4. The second kappa shape index (κ2) is 5.96. The molecule has 0 aliphatic heterocycles. The predicted molar refractivity (Wildman–Crippen MR) is 83.6 cm³/mol. The normalized spacial score (nSPS) is 11.4. The lowest BCUT2D eigenvalue weighted by molar-refractivity contribution is 0.305. The van der Waals surface area contributed by atoms with E-state index in [-0.39, 0.29) is 11.2 Å². The van der Waals surface area contributed by atoms with Crippen LogP contribution in [0.3, 0.4) is 0 Å². The first kappa shape index (κ1) is 15.0. The highest BCUT2D eigenvalue weighted by Gasteiger charge is 2.13. The predicted octanol–water partition coefficient (Wildman–Crippen LogP) is 5.46. The molecule has 0 aliphatic rings. The molecule has 2 aromatic carbocycles. The largest absolute Gasteiger partial charge is 0.489 e. The third kappa shape index (κ3) is 3.83. The lowest BCUT2D eigenvalue weighted by atomic mass is 9.87. The van der Waals surface area contributed by atoms with Crippen LogP contribution < -0.4 is 4.74 Å². The molecule has 0 saturated carbocycles. The fourth-order valence-electron chi connectivity index (χ4n) is 1.85. The molecule has 0 saturated heterocycles. The Morgan fingerprint density at radius 1 is 1.05 bits per heavy atom. The zero-order valence-electron chi connectivity index (χ0n) is 11.9. The SMILES string of the molecule is CC(C)(C)c1ccc(OCc2ccc(F)cc2Br)cc1. The number of hydrogen-bond donors (Lipinski definition) is 0. The Hall–Kier alpha value is -1.35. The Morgan fingerprint density at radius 3 is 2.25 bits per heavy atom. The minimum atomic E-state index is -0.254. The Balaban J connectivity index is 2.04. The summed E-state index contributed by atoms with van der Waals surface area (Å²) in [6, 6.07) is 12.7. The third-order valence-electron chi connectivity index (χ3n) is 3.13. The molecule has 0 amide bonds. The van der Waals surface area contributed by atoms with Gasteiger partial charge in [-0.15, -0.1) is 0 Å². The van der Waals surface area contributed by atoms with Crippen LogP contribution in [-0.2, 0) is 12.0 Å². The highest BCUT2D eigenvalue weighted by atomic mass is 79.9. The quantitative estimate of drug-likeness (QED) is 0.722. The maximum Gasteiger partial charge on any atom is 0.124 e. The summed E-state index contributed by atoms with van der Waals surface area (Å²) in [6.07, 6.45) is 0. The van der Waals surface area contributed by atoms with E-state index in [1.165, 1.54) is 17.7 Å². The Morgan fingerprint density at radius 2 is 1.70 bits per heavy atom. The average molecular weight is 337 g/mol. The van der Waals surface area contributed by atoms with E-state index in [1.807, 2.05) is 12.1 Å². The van der Waals surface area contributed by atoms with Gasteiger partial charge in [0.2, 0.25) is 0 Å². The number of ether oxygens (including phenoxy) is 1. The van der Waals surface area contributed by atoms with Crippen LogP contribution >= 0.6 is 15.9 Å². The van der Waals surface area contributed by atoms with Crippen molar-refractivity contribution in [3.8, 4) is 5.75 Å². The van der Waals surface area contributed by atoms with Gasteiger partial charge in [0.05, 0.1) is 0 Å². The molecule has 20 heavy (non-hydrogen) atoms. The molecular weight excluding hydrogens is 319 g/mol. The van der Waals surface area contributed by atoms with Gasteiger partial charge in [-0.2, -0.15) is 0 Å². The van der Waals surface area contributed by atoms with Crippen LogP contribution in [0, 0.1) is 5.82 Å². The van der Waals surface area contributed by atoms with E-state index in [0.29, 0.717) is 6.61 Å². The summed E-state index contributed by atoms with van der Waals surface area (Å²) in [7, 11) is 0. The molecule has 0 fully saturated rings. The van der Waals surface area contributed by atoms with E-state index in [1.54, 1.807) is 6.07 Å². The molecule has 3 heteroatoms. The van der Waals surface area contributed by atoms with Crippen molar-refractivity contribution in [1.82, 2.24) is 0 Å². The first-order chi connectivity index (χ1) is 9.36. The van der Waals surface area contributed by atoms with Crippen molar-refractivity contribution in [2.75, 3.05) is 0 Å². The van der Waals surface area contributed by atoms with Crippen LogP contribution in [0.1, 0.15) is 31.9 Å². The second-order valence-corrected chi connectivity index (χ2v) is 6.65. The lowest BCUT2D eigenvalue weighted by Gasteiger charge is -2.19. The molecule has 0 aromatic heterocycles. The van der Waals surface area contributed by atoms with Gasteiger partial charge in [-0.3, -0.25) is 0 Å². The Labute approximate surface area is 127 Å². The van der Waals surface area contributed by atoms with E-state index < -0.39 is 0 Å². The van der Waals surface area contributed by atoms with Crippen molar-refractivity contribution < 1.29 is 9.13 Å². The molecule has 0 spiro atoms. The van der Waals surface area contributed by atoms with Gasteiger partial charge < -0.3 is 4.74 Å². The average Bonchev–Trinajstić information content (AvgIpc) is 2.37. The standard InChI is InChI=1S/C17H18BrFO/c1-17(2,3)13-5-8-15(9-6-13)20-11-12-4-7-14(19)10-16(12)18/h4-10H,11H2,1-3H3. The molecule has 0 N–H and O–H groups in total. The van der Waals surface area contributed by atoms with Crippen molar-refractivity contribution in [2.45, 2.75) is 32.8 Å². The van der Waals surface area contributed by atoms with Gasteiger partial charge in [0.15, 0.2) is 0 Å². The van der Waals surface area contributed by atoms with Crippen molar-refractivity contribution in [3.05, 3.63) is 63.9 Å². The lowest BCUT2D eigenvalue weighted by Crippen LogP contribution is -2.10. The molecule has 106 valence electrons. The van der Waals surface area contributed by atoms with Crippen molar-refractivity contribution in [1.29, 1.82) is 0 Å². The molecule has 0 atom stereocenters. The summed E-state index contributed by atoms with van der Waals surface area (Å²) in [5.74, 6) is 0.560. The van der Waals surface area contributed by atoms with Crippen LogP contribution in [0.4, 0.5) is 4.39 Å². The smallest absolute Gasteiger partial charge is 0.124 e. The molecule has 0 aliphatic carbocycles. The van der Waals surface area contributed by atoms with Crippen LogP contribution in [0.5, 0.6) is 5.75 Å². The summed E-state index contributed by atoms with van der Waals surface area (Å²) in [6.45, 7) is 6.95. The summed E-state index contributed by atoms with van der Waals surface area (Å²) in [5.41, 5.74) is 2.33. The number of benzene rings is 2. The minimum absolute atomic E-state index is 0.137. The molecule has 2 rings (SSSR count). The Bertz CT molecular complexity index is 585. The molecular formula is C17H18BrFO. The molecule has 0 heterocycles. The number of halogens is 2. The van der Waals surface area contributed by atoms with Crippen molar-refractivity contribution in [2.24, 2.45) is 0 Å². The highest BCUT2D eigenvalue weighted by Crippen LogP contribution is 2.25. The first-order valence-corrected chi connectivity index (χ1v) is 7.33. The summed E-state index contributed by atoms with van der Waals surface area (Å²) in [5, 5.41) is 0. The van der Waals surface area contributed by atoms with Gasteiger partial charge in [0.25, 0.3) is 0 Å². The van der Waals surface area contributed by atoms with E-state index in [9.17, 15) is 4.39 Å². The van der Waals surface area contributed by atoms with Gasteiger partial charge in [-0.25, -0.2) is 4.39 Å². The zero-order chi connectivity index (χ0) is 14.8. The van der Waals surface area contributed by atoms with Crippen LogP contribution in [0.2, 0.25) is 0 Å². The third-order valence-corrected chi connectivity index (χ3v) is 3.87. The molecule has 2 aromatic rings. The van der Waals surface area contributed by atoms with E-state index >= 15 is 0 Å². The highest BCUT2D eigenvalue weighted by molar-refractivity contribution is 9.10. The number of rotatable bonds is 3. The van der Waals surface area contributed by atoms with Gasteiger partial charge >= 0.3 is 0 Å². The topological polar surface area (TPSA) is 9.23 Å². The van der Waals surface area contributed by atoms with E-state index in [4.69, 9.17) is 4.74 Å². The van der Waals surface area contributed by atoms with Crippen LogP contribution in [-0.4, -0.2) is 0 Å². The van der Waals surface area contributed by atoms with Gasteiger partial charge in [0.1, 0.15) is 18.2 Å². The van der Waals surface area contributed by atoms with Crippen LogP contribution in [0.15, 0.2) is 46.9 Å². The summed E-state index contributed by atoms with van der Waals surface area (Å²) in [4.78, 5) is 0. The molecule has 0 bridgehead atoms. The molecule has 0 unspecified atom stereocenters. The fraction of sp³-hybridized carbons (Fsp3) is 0.294. The Kier molecular flexibility index (Phi) is 4.48. The van der Waals surface area contributed by atoms with E-state index in [0.717, 1.165) is 15.8 Å². The first-order valence-electron chi connectivity index (χ1n) is 6.53. The van der Waals surface area contributed by atoms with Gasteiger partial charge in [-0.05, 0) is 35.2 Å². The minimum Gasteiger partial charge on any atom is -0.489 e. The molecule has 1 nitrogen and oxygen atoms in total. The van der Waals surface area contributed by atoms with Crippen LogP contribution in [0.25, 0.3) is 0 Å². The maximum atomic E-state index is 13.0. The maximum absolute atomic E-state index is 13.0. The second-order valence-electron chi connectivity index (χ2n) is 5.80. The van der Waals surface area contributed by atoms with Crippen molar-refractivity contribution >= 4 is 15.9 Å². The zero-order valence-corrected chi connectivity index (χ0v) is 13.5. The van der Waals surface area contributed by atoms with Gasteiger partial charge in [0, 0.05) is 10.0 Å². The number of hydrogen-bond acceptors (Lipinski definition) is 1. The monoisotopic (exact) mass is 336 g/mol.